The van der Waals surface area contributed by atoms with Crippen LogP contribution in [-0.2, 0) is 0 Å². The number of nitrogens with one attached hydrogen (secondary N) is 1. The van der Waals surface area contributed by atoms with Crippen LogP contribution in [0.4, 0.5) is 11.4 Å². The molecular weight excluding hydrogens is 283 g/mol. The van der Waals surface area contributed by atoms with E-state index in [2.05, 4.69) is 5.32 Å². The summed E-state index contributed by atoms with van der Waals surface area (Å²) in [5, 5.41) is 3.79. The minimum Gasteiger partial charge on any atom is -0.398 e. The summed E-state index contributed by atoms with van der Waals surface area (Å²) in [5.41, 5.74) is 8.19. The highest BCUT2D eigenvalue weighted by molar-refractivity contribution is 6.33. The minimum absolute atomic E-state index is 0.222. The molecule has 5 heteroatoms. The fraction of sp³-hybridized carbons (Fsp3) is 0.0714. The summed E-state index contributed by atoms with van der Waals surface area (Å²) in [6.07, 6.45) is 0. The van der Waals surface area contributed by atoms with Crippen LogP contribution in [0.3, 0.4) is 0 Å². The Labute approximate surface area is 121 Å². The van der Waals surface area contributed by atoms with Crippen molar-refractivity contribution in [1.82, 2.24) is 0 Å². The second kappa shape index (κ2) is 5.51. The molecule has 0 spiro atoms. The highest BCUT2D eigenvalue weighted by Crippen LogP contribution is 2.27. The molecule has 0 fully saturated rings. The first-order chi connectivity index (χ1) is 8.97. The summed E-state index contributed by atoms with van der Waals surface area (Å²) in [6.45, 7) is 1.85. The summed E-state index contributed by atoms with van der Waals surface area (Å²) in [7, 11) is 0. The quantitative estimate of drug-likeness (QED) is 0.818. The molecule has 0 saturated carbocycles. The average Bonchev–Trinajstić information content (AvgIpc) is 2.36. The number of anilines is 2. The Hall–Kier alpha value is -1.71. The van der Waals surface area contributed by atoms with Gasteiger partial charge in [0.2, 0.25) is 0 Å². The molecule has 0 saturated heterocycles. The smallest absolute Gasteiger partial charge is 0.255 e. The van der Waals surface area contributed by atoms with Gasteiger partial charge in [0.25, 0.3) is 5.91 Å². The molecule has 98 valence electrons. The van der Waals surface area contributed by atoms with Gasteiger partial charge in [0.15, 0.2) is 0 Å². The second-order valence-electron chi connectivity index (χ2n) is 4.15. The van der Waals surface area contributed by atoms with Crippen LogP contribution in [0.15, 0.2) is 36.4 Å². The van der Waals surface area contributed by atoms with E-state index in [0.717, 1.165) is 5.56 Å². The Balaban J connectivity index is 2.24. The Morgan fingerprint density at radius 3 is 2.42 bits per heavy atom. The fourth-order valence-electron chi connectivity index (χ4n) is 1.63. The van der Waals surface area contributed by atoms with Gasteiger partial charge in [0.1, 0.15) is 0 Å². The molecule has 2 rings (SSSR count). The monoisotopic (exact) mass is 294 g/mol. The van der Waals surface area contributed by atoms with Crippen LogP contribution in [0.5, 0.6) is 0 Å². The lowest BCUT2D eigenvalue weighted by Crippen LogP contribution is -2.12. The first-order valence-electron chi connectivity index (χ1n) is 5.60. The van der Waals surface area contributed by atoms with Crippen LogP contribution >= 0.6 is 23.2 Å². The topological polar surface area (TPSA) is 55.1 Å². The van der Waals surface area contributed by atoms with Gasteiger partial charge >= 0.3 is 0 Å². The van der Waals surface area contributed by atoms with Crippen molar-refractivity contribution in [2.45, 2.75) is 6.92 Å². The fourth-order valence-corrected chi connectivity index (χ4v) is 1.92. The Morgan fingerprint density at radius 1 is 1.16 bits per heavy atom. The molecule has 2 aromatic carbocycles. The molecule has 3 N–H and O–H groups in total. The molecule has 0 aliphatic carbocycles. The van der Waals surface area contributed by atoms with Crippen molar-refractivity contribution in [2.24, 2.45) is 0 Å². The van der Waals surface area contributed by atoms with Crippen molar-refractivity contribution < 1.29 is 4.79 Å². The zero-order valence-corrected chi connectivity index (χ0v) is 11.7. The zero-order valence-electron chi connectivity index (χ0n) is 10.2. The zero-order chi connectivity index (χ0) is 14.0. The van der Waals surface area contributed by atoms with Crippen molar-refractivity contribution in [3.05, 3.63) is 57.6 Å². The van der Waals surface area contributed by atoms with Gasteiger partial charge in [-0.05, 0) is 48.9 Å². The summed E-state index contributed by atoms with van der Waals surface area (Å²) >= 11 is 11.7. The molecule has 0 aliphatic rings. The van der Waals surface area contributed by atoms with Crippen LogP contribution in [0.2, 0.25) is 10.0 Å². The van der Waals surface area contributed by atoms with E-state index in [4.69, 9.17) is 28.9 Å². The van der Waals surface area contributed by atoms with E-state index in [0.29, 0.717) is 27.0 Å². The molecule has 0 heterocycles. The Morgan fingerprint density at radius 2 is 1.79 bits per heavy atom. The van der Waals surface area contributed by atoms with Crippen LogP contribution in [0, 0.1) is 6.92 Å². The number of aryl methyl sites for hydroxylation is 1. The van der Waals surface area contributed by atoms with Crippen LogP contribution in [0.1, 0.15) is 15.9 Å². The summed E-state index contributed by atoms with van der Waals surface area (Å²) in [6, 6.07) is 10.0. The van der Waals surface area contributed by atoms with E-state index >= 15 is 0 Å². The van der Waals surface area contributed by atoms with E-state index in [9.17, 15) is 4.79 Å². The number of nitrogens with two attached hydrogens (primary N) is 1. The van der Waals surface area contributed by atoms with Gasteiger partial charge in [0, 0.05) is 16.3 Å². The largest absolute Gasteiger partial charge is 0.398 e. The van der Waals surface area contributed by atoms with Crippen molar-refractivity contribution in [3.63, 3.8) is 0 Å². The van der Waals surface area contributed by atoms with Gasteiger partial charge in [-0.3, -0.25) is 4.79 Å². The van der Waals surface area contributed by atoms with Gasteiger partial charge in [0.05, 0.1) is 10.7 Å². The maximum absolute atomic E-state index is 12.0. The average molecular weight is 295 g/mol. The number of amides is 1. The maximum Gasteiger partial charge on any atom is 0.255 e. The molecule has 0 aromatic heterocycles. The van der Waals surface area contributed by atoms with E-state index in [1.165, 1.54) is 0 Å². The lowest BCUT2D eigenvalue weighted by Gasteiger charge is -2.10. The van der Waals surface area contributed by atoms with Crippen molar-refractivity contribution in [1.29, 1.82) is 0 Å². The lowest BCUT2D eigenvalue weighted by molar-refractivity contribution is 0.102. The molecule has 0 unspecified atom stereocenters. The Bertz CT molecular complexity index is 624. The van der Waals surface area contributed by atoms with E-state index in [1.54, 1.807) is 36.4 Å². The lowest BCUT2D eigenvalue weighted by atomic mass is 10.1. The first-order valence-corrected chi connectivity index (χ1v) is 6.35. The normalized spacial score (nSPS) is 10.3. The van der Waals surface area contributed by atoms with Crippen molar-refractivity contribution in [3.8, 4) is 0 Å². The van der Waals surface area contributed by atoms with Gasteiger partial charge in [-0.15, -0.1) is 0 Å². The van der Waals surface area contributed by atoms with Gasteiger partial charge < -0.3 is 11.1 Å². The third-order valence-electron chi connectivity index (χ3n) is 2.70. The third-order valence-corrected chi connectivity index (χ3v) is 3.28. The minimum atomic E-state index is -0.222. The van der Waals surface area contributed by atoms with Crippen molar-refractivity contribution >= 4 is 40.5 Å². The number of carbonyl (C=O) groups excluding carboxylic acids is 1. The van der Waals surface area contributed by atoms with Gasteiger partial charge in [-0.25, -0.2) is 0 Å². The predicted molar refractivity (Wildman–Crippen MR) is 80.0 cm³/mol. The van der Waals surface area contributed by atoms with Crippen LogP contribution < -0.4 is 11.1 Å². The number of nitrogen functional groups attached to an aromatic ring is 1. The van der Waals surface area contributed by atoms with E-state index in [1.807, 2.05) is 6.92 Å². The molecule has 3 nitrogen and oxygen atoms in total. The molecular formula is C14H12Cl2N2O. The molecule has 0 bridgehead atoms. The highest BCUT2D eigenvalue weighted by Gasteiger charge is 2.09. The third kappa shape index (κ3) is 3.19. The maximum atomic E-state index is 12.0. The summed E-state index contributed by atoms with van der Waals surface area (Å²) in [5.74, 6) is -0.222. The van der Waals surface area contributed by atoms with Gasteiger partial charge in [-0.2, -0.15) is 0 Å². The number of benzene rings is 2. The Kier molecular flexibility index (Phi) is 3.98. The van der Waals surface area contributed by atoms with Crippen LogP contribution in [0.25, 0.3) is 0 Å². The second-order valence-corrected chi connectivity index (χ2v) is 4.99. The number of hydrogen-bond acceptors (Lipinski definition) is 2. The van der Waals surface area contributed by atoms with Crippen molar-refractivity contribution in [2.75, 3.05) is 11.1 Å². The molecule has 1 amide bonds. The summed E-state index contributed by atoms with van der Waals surface area (Å²) < 4.78 is 0. The number of rotatable bonds is 2. The number of carbonyl (C=O) groups is 1. The SMILES string of the molecule is Cc1cc(N)c(Cl)cc1NC(=O)c1ccc(Cl)cc1. The van der Waals surface area contributed by atoms with Gasteiger partial charge in [-0.1, -0.05) is 23.2 Å². The molecule has 0 atom stereocenters. The molecule has 0 aliphatic heterocycles. The number of hydrogen-bond donors (Lipinski definition) is 2. The molecule has 2 aromatic rings. The highest BCUT2D eigenvalue weighted by atomic mass is 35.5. The standard InChI is InChI=1S/C14H12Cl2N2O/c1-8-6-12(17)11(16)7-13(8)18-14(19)9-2-4-10(15)5-3-9/h2-7H,17H2,1H3,(H,18,19). The van der Waals surface area contributed by atoms with E-state index in [-0.39, 0.29) is 5.91 Å². The van der Waals surface area contributed by atoms with Crippen LogP contribution in [-0.4, -0.2) is 5.91 Å². The summed E-state index contributed by atoms with van der Waals surface area (Å²) in [4.78, 5) is 12.0. The van der Waals surface area contributed by atoms with E-state index < -0.39 is 0 Å². The number of halogens is 2. The first kappa shape index (κ1) is 13.7. The molecule has 19 heavy (non-hydrogen) atoms. The molecule has 0 radical (unpaired) electrons. The predicted octanol–water partition coefficient (Wildman–Crippen LogP) is 4.14.